The van der Waals surface area contributed by atoms with E-state index in [4.69, 9.17) is 0 Å². The van der Waals surface area contributed by atoms with E-state index in [-0.39, 0.29) is 0 Å². The van der Waals surface area contributed by atoms with E-state index >= 15 is 0 Å². The molecule has 2 unspecified atom stereocenters. The first-order valence-corrected chi connectivity index (χ1v) is 5.60. The lowest BCUT2D eigenvalue weighted by Crippen LogP contribution is -2.47. The summed E-state index contributed by atoms with van der Waals surface area (Å²) in [6.45, 7) is 3.00. The summed E-state index contributed by atoms with van der Waals surface area (Å²) in [4.78, 5) is 13.7. The number of fused-ring (bicyclic) bond motifs is 2. The quantitative estimate of drug-likeness (QED) is 0.607. The van der Waals surface area contributed by atoms with Crippen molar-refractivity contribution in [2.45, 2.75) is 51.5 Å². The monoisotopic (exact) mass is 181 g/mol. The van der Waals surface area contributed by atoms with E-state index < -0.39 is 0 Å². The van der Waals surface area contributed by atoms with Crippen molar-refractivity contribution < 1.29 is 4.79 Å². The number of carbonyl (C=O) groups excluding carboxylic acids is 1. The summed E-state index contributed by atoms with van der Waals surface area (Å²) in [7, 11) is 0. The third-order valence-corrected chi connectivity index (χ3v) is 3.60. The molecule has 74 valence electrons. The highest BCUT2D eigenvalue weighted by Crippen LogP contribution is 2.34. The first kappa shape index (κ1) is 9.04. The molecule has 1 saturated carbocycles. The molecule has 1 amide bonds. The van der Waals surface area contributed by atoms with Gasteiger partial charge >= 0.3 is 0 Å². The molecule has 2 atom stereocenters. The Balaban J connectivity index is 2.01. The number of likely N-dealkylation sites (tertiary alicyclic amines) is 1. The molecule has 2 nitrogen and oxygen atoms in total. The Morgan fingerprint density at radius 2 is 2.23 bits per heavy atom. The minimum Gasteiger partial charge on any atom is -0.340 e. The van der Waals surface area contributed by atoms with E-state index in [1.165, 1.54) is 32.1 Å². The van der Waals surface area contributed by atoms with Crippen LogP contribution in [0.25, 0.3) is 0 Å². The summed E-state index contributed by atoms with van der Waals surface area (Å²) >= 11 is 0. The average molecular weight is 181 g/mol. The van der Waals surface area contributed by atoms with Crippen LogP contribution in [-0.2, 0) is 4.79 Å². The minimum atomic E-state index is 0.366. The predicted octanol–water partition coefficient (Wildman–Crippen LogP) is 2.19. The van der Waals surface area contributed by atoms with Crippen LogP contribution in [0.1, 0.15) is 45.4 Å². The molecule has 2 aliphatic rings. The summed E-state index contributed by atoms with van der Waals surface area (Å²) in [5, 5.41) is 0. The van der Waals surface area contributed by atoms with Gasteiger partial charge in [0.1, 0.15) is 0 Å². The van der Waals surface area contributed by atoms with Crippen molar-refractivity contribution >= 4 is 5.91 Å². The van der Waals surface area contributed by atoms with Crippen molar-refractivity contribution in [1.29, 1.82) is 0 Å². The summed E-state index contributed by atoms with van der Waals surface area (Å²) in [6, 6.07) is 0.597. The van der Waals surface area contributed by atoms with Crippen LogP contribution >= 0.6 is 0 Å². The lowest BCUT2D eigenvalue weighted by molar-refractivity contribution is -0.136. The third kappa shape index (κ3) is 1.72. The molecule has 0 radical (unpaired) electrons. The van der Waals surface area contributed by atoms with Crippen LogP contribution in [0.15, 0.2) is 0 Å². The zero-order valence-corrected chi connectivity index (χ0v) is 8.46. The normalized spacial score (nSPS) is 33.2. The summed E-state index contributed by atoms with van der Waals surface area (Å²) in [6.07, 6.45) is 7.21. The SMILES string of the molecule is CCC(=O)N1CCC2CCCC1C2. The number of nitrogens with zero attached hydrogens (tertiary/aromatic N) is 1. The second kappa shape index (κ2) is 3.69. The average Bonchev–Trinajstić information content (AvgIpc) is 2.18. The number of piperidine rings is 1. The molecule has 0 N–H and O–H groups in total. The fraction of sp³-hybridized carbons (Fsp3) is 0.909. The van der Waals surface area contributed by atoms with Crippen molar-refractivity contribution in [3.8, 4) is 0 Å². The highest BCUT2D eigenvalue weighted by Gasteiger charge is 2.33. The molecule has 0 aromatic rings. The molecule has 2 heteroatoms. The van der Waals surface area contributed by atoms with Gasteiger partial charge < -0.3 is 4.90 Å². The van der Waals surface area contributed by atoms with Crippen molar-refractivity contribution in [3.63, 3.8) is 0 Å². The second-order valence-corrected chi connectivity index (χ2v) is 4.42. The van der Waals surface area contributed by atoms with E-state index in [0.717, 1.165) is 12.5 Å². The van der Waals surface area contributed by atoms with Gasteiger partial charge in [0.2, 0.25) is 5.91 Å². The predicted molar refractivity (Wildman–Crippen MR) is 52.4 cm³/mol. The topological polar surface area (TPSA) is 20.3 Å². The smallest absolute Gasteiger partial charge is 0.222 e. The van der Waals surface area contributed by atoms with Gasteiger partial charge in [-0.25, -0.2) is 0 Å². The molecule has 2 rings (SSSR count). The van der Waals surface area contributed by atoms with E-state index in [1.54, 1.807) is 0 Å². The maximum absolute atomic E-state index is 11.6. The summed E-state index contributed by atoms with van der Waals surface area (Å²) in [5.74, 6) is 1.30. The Bertz CT molecular complexity index is 202. The molecular weight excluding hydrogens is 162 g/mol. The fourth-order valence-electron chi connectivity index (χ4n) is 2.84. The minimum absolute atomic E-state index is 0.366. The molecule has 1 heterocycles. The Morgan fingerprint density at radius 1 is 1.38 bits per heavy atom. The summed E-state index contributed by atoms with van der Waals surface area (Å²) < 4.78 is 0. The standard InChI is InChI=1S/C11H19NO/c1-2-11(13)12-7-6-9-4-3-5-10(12)8-9/h9-10H,2-8H2,1H3. The van der Waals surface area contributed by atoms with E-state index in [9.17, 15) is 4.79 Å². The van der Waals surface area contributed by atoms with Crippen molar-refractivity contribution in [2.75, 3.05) is 6.54 Å². The first-order chi connectivity index (χ1) is 6.31. The highest BCUT2D eigenvalue weighted by atomic mass is 16.2. The molecule has 2 bridgehead atoms. The van der Waals surface area contributed by atoms with Crippen LogP contribution < -0.4 is 0 Å². The maximum atomic E-state index is 11.6. The highest BCUT2D eigenvalue weighted by molar-refractivity contribution is 5.76. The molecule has 0 aromatic heterocycles. The van der Waals surface area contributed by atoms with Crippen LogP contribution in [0.5, 0.6) is 0 Å². The van der Waals surface area contributed by atoms with Gasteiger partial charge in [-0.05, 0) is 25.2 Å². The van der Waals surface area contributed by atoms with E-state index in [0.29, 0.717) is 18.4 Å². The second-order valence-electron chi connectivity index (χ2n) is 4.42. The van der Waals surface area contributed by atoms with Crippen LogP contribution in [0.3, 0.4) is 0 Å². The van der Waals surface area contributed by atoms with E-state index in [1.807, 2.05) is 6.92 Å². The van der Waals surface area contributed by atoms with Crippen LogP contribution in [0.2, 0.25) is 0 Å². The number of carbonyl (C=O) groups is 1. The molecule has 1 aliphatic carbocycles. The molecule has 1 saturated heterocycles. The molecule has 2 fully saturated rings. The van der Waals surface area contributed by atoms with Crippen molar-refractivity contribution in [3.05, 3.63) is 0 Å². The Labute approximate surface area is 80.3 Å². The molecule has 0 spiro atoms. The molecule has 0 aromatic carbocycles. The van der Waals surface area contributed by atoms with Gasteiger partial charge in [0.25, 0.3) is 0 Å². The van der Waals surface area contributed by atoms with Crippen LogP contribution in [0, 0.1) is 5.92 Å². The number of rotatable bonds is 1. The Morgan fingerprint density at radius 3 is 3.00 bits per heavy atom. The lowest BCUT2D eigenvalue weighted by atomic mass is 9.79. The molecular formula is C11H19NO. The van der Waals surface area contributed by atoms with Crippen LogP contribution in [0.4, 0.5) is 0 Å². The van der Waals surface area contributed by atoms with Crippen molar-refractivity contribution in [2.24, 2.45) is 5.92 Å². The number of hydrogen-bond donors (Lipinski definition) is 0. The third-order valence-electron chi connectivity index (χ3n) is 3.60. The van der Waals surface area contributed by atoms with Gasteiger partial charge in [0, 0.05) is 19.0 Å². The first-order valence-electron chi connectivity index (χ1n) is 5.60. The number of hydrogen-bond acceptors (Lipinski definition) is 1. The zero-order chi connectivity index (χ0) is 9.26. The fourth-order valence-corrected chi connectivity index (χ4v) is 2.84. The molecule has 1 aliphatic heterocycles. The lowest BCUT2D eigenvalue weighted by Gasteiger charge is -2.43. The van der Waals surface area contributed by atoms with Gasteiger partial charge in [-0.2, -0.15) is 0 Å². The van der Waals surface area contributed by atoms with Gasteiger partial charge in [0.05, 0.1) is 0 Å². The largest absolute Gasteiger partial charge is 0.340 e. The Kier molecular flexibility index (Phi) is 2.56. The summed E-state index contributed by atoms with van der Waals surface area (Å²) in [5.41, 5.74) is 0. The zero-order valence-electron chi connectivity index (χ0n) is 8.46. The van der Waals surface area contributed by atoms with Gasteiger partial charge in [-0.3, -0.25) is 4.79 Å². The van der Waals surface area contributed by atoms with E-state index in [2.05, 4.69) is 4.90 Å². The van der Waals surface area contributed by atoms with Gasteiger partial charge in [-0.1, -0.05) is 19.8 Å². The Hall–Kier alpha value is -0.530. The van der Waals surface area contributed by atoms with Crippen LogP contribution in [-0.4, -0.2) is 23.4 Å². The molecule has 13 heavy (non-hydrogen) atoms. The van der Waals surface area contributed by atoms with Gasteiger partial charge in [0.15, 0.2) is 0 Å². The van der Waals surface area contributed by atoms with Gasteiger partial charge in [-0.15, -0.1) is 0 Å². The maximum Gasteiger partial charge on any atom is 0.222 e. The van der Waals surface area contributed by atoms with Crippen molar-refractivity contribution in [1.82, 2.24) is 4.90 Å². The number of amides is 1.